The standard InChI is InChI=1S/C14H13ClN6O2S/c1-8(13(22)18-9-4-2-6-17-11(9)15)24-14-20-19-12(21(14)16)10-5-3-7-23-10/h2-8H,16H2,1H3,(H,18,22)/t8-/m0/s1. The van der Waals surface area contributed by atoms with Crippen LogP contribution in [0, 0.1) is 0 Å². The number of amides is 1. The fourth-order valence-electron chi connectivity index (χ4n) is 1.86. The number of nitrogens with one attached hydrogen (secondary N) is 1. The lowest BCUT2D eigenvalue weighted by molar-refractivity contribution is -0.115. The molecule has 3 rings (SSSR count). The fraction of sp³-hybridized carbons (Fsp3) is 0.143. The van der Waals surface area contributed by atoms with Gasteiger partial charge in [0.25, 0.3) is 0 Å². The molecule has 1 atom stereocenters. The molecule has 8 nitrogen and oxygen atoms in total. The number of halogens is 1. The van der Waals surface area contributed by atoms with Gasteiger partial charge in [0.05, 0.1) is 17.2 Å². The van der Waals surface area contributed by atoms with Gasteiger partial charge in [-0.2, -0.15) is 0 Å². The van der Waals surface area contributed by atoms with Gasteiger partial charge in [-0.05, 0) is 31.2 Å². The summed E-state index contributed by atoms with van der Waals surface area (Å²) in [5.74, 6) is 6.59. The van der Waals surface area contributed by atoms with E-state index in [4.69, 9.17) is 21.9 Å². The number of hydrogen-bond donors (Lipinski definition) is 2. The van der Waals surface area contributed by atoms with Gasteiger partial charge >= 0.3 is 0 Å². The predicted molar refractivity (Wildman–Crippen MR) is 91.1 cm³/mol. The van der Waals surface area contributed by atoms with Crippen molar-refractivity contribution in [2.75, 3.05) is 11.2 Å². The lowest BCUT2D eigenvalue weighted by atomic mass is 10.4. The highest BCUT2D eigenvalue weighted by Gasteiger charge is 2.21. The molecule has 124 valence electrons. The van der Waals surface area contributed by atoms with E-state index in [1.54, 1.807) is 37.4 Å². The Bertz CT molecular complexity index is 851. The van der Waals surface area contributed by atoms with Crippen LogP contribution >= 0.6 is 23.4 Å². The van der Waals surface area contributed by atoms with Gasteiger partial charge < -0.3 is 15.6 Å². The van der Waals surface area contributed by atoms with Gasteiger partial charge in [-0.1, -0.05) is 23.4 Å². The molecule has 0 aliphatic carbocycles. The third-order valence-corrected chi connectivity index (χ3v) is 4.43. The van der Waals surface area contributed by atoms with Crippen LogP contribution in [0.2, 0.25) is 5.15 Å². The number of nitrogens with two attached hydrogens (primary N) is 1. The molecule has 0 aliphatic rings. The summed E-state index contributed by atoms with van der Waals surface area (Å²) >= 11 is 7.10. The van der Waals surface area contributed by atoms with Crippen molar-refractivity contribution in [3.05, 3.63) is 41.9 Å². The molecule has 0 saturated heterocycles. The SMILES string of the molecule is C[C@H](Sc1nnc(-c2ccco2)n1N)C(=O)Nc1cccnc1Cl. The molecule has 0 saturated carbocycles. The number of nitrogen functional groups attached to an aromatic ring is 1. The summed E-state index contributed by atoms with van der Waals surface area (Å²) in [7, 11) is 0. The molecule has 3 aromatic heterocycles. The fourth-order valence-corrected chi connectivity index (χ4v) is 2.79. The van der Waals surface area contributed by atoms with E-state index < -0.39 is 5.25 Å². The molecule has 0 unspecified atom stereocenters. The van der Waals surface area contributed by atoms with Gasteiger partial charge in [-0.25, -0.2) is 9.66 Å². The zero-order chi connectivity index (χ0) is 17.1. The van der Waals surface area contributed by atoms with Crippen LogP contribution in [-0.2, 0) is 4.79 Å². The second-order valence-electron chi connectivity index (χ2n) is 4.74. The third kappa shape index (κ3) is 3.36. The van der Waals surface area contributed by atoms with Crippen molar-refractivity contribution in [2.45, 2.75) is 17.3 Å². The summed E-state index contributed by atoms with van der Waals surface area (Å²) in [5, 5.41) is 10.8. The third-order valence-electron chi connectivity index (χ3n) is 3.07. The van der Waals surface area contributed by atoms with Crippen molar-refractivity contribution in [3.8, 4) is 11.6 Å². The number of furan rings is 1. The molecular formula is C14H13ClN6O2S. The van der Waals surface area contributed by atoms with Crippen LogP contribution in [-0.4, -0.2) is 31.0 Å². The molecule has 3 aromatic rings. The first kappa shape index (κ1) is 16.3. The van der Waals surface area contributed by atoms with Crippen molar-refractivity contribution in [3.63, 3.8) is 0 Å². The van der Waals surface area contributed by atoms with Crippen molar-refractivity contribution in [1.82, 2.24) is 19.9 Å². The lowest BCUT2D eigenvalue weighted by Gasteiger charge is -2.11. The Labute approximate surface area is 146 Å². The number of thioether (sulfide) groups is 1. The molecule has 0 aromatic carbocycles. The minimum absolute atomic E-state index is 0.227. The first-order chi connectivity index (χ1) is 11.6. The molecule has 10 heteroatoms. The van der Waals surface area contributed by atoms with E-state index in [1.807, 2.05) is 0 Å². The van der Waals surface area contributed by atoms with Crippen LogP contribution in [0.4, 0.5) is 5.69 Å². The molecule has 0 spiro atoms. The Morgan fingerprint density at radius 1 is 1.42 bits per heavy atom. The second kappa shape index (κ2) is 6.93. The van der Waals surface area contributed by atoms with Gasteiger partial charge in [0.15, 0.2) is 10.9 Å². The number of carbonyl (C=O) groups is 1. The van der Waals surface area contributed by atoms with E-state index in [0.717, 1.165) is 0 Å². The lowest BCUT2D eigenvalue weighted by Crippen LogP contribution is -2.24. The first-order valence-electron chi connectivity index (χ1n) is 6.88. The molecule has 24 heavy (non-hydrogen) atoms. The summed E-state index contributed by atoms with van der Waals surface area (Å²) in [4.78, 5) is 16.2. The molecule has 1 amide bonds. The minimum Gasteiger partial charge on any atom is -0.461 e. The van der Waals surface area contributed by atoms with E-state index in [1.165, 1.54) is 22.7 Å². The highest BCUT2D eigenvalue weighted by atomic mass is 35.5. The van der Waals surface area contributed by atoms with Crippen LogP contribution in [0.25, 0.3) is 11.6 Å². The van der Waals surface area contributed by atoms with Crippen LogP contribution in [0.1, 0.15) is 6.92 Å². The van der Waals surface area contributed by atoms with Gasteiger partial charge in [-0.15, -0.1) is 10.2 Å². The summed E-state index contributed by atoms with van der Waals surface area (Å²) in [6.07, 6.45) is 3.06. The average molecular weight is 365 g/mol. The number of hydrogen-bond acceptors (Lipinski definition) is 7. The Morgan fingerprint density at radius 2 is 2.25 bits per heavy atom. The zero-order valence-electron chi connectivity index (χ0n) is 12.5. The topological polar surface area (TPSA) is 112 Å². The van der Waals surface area contributed by atoms with E-state index in [0.29, 0.717) is 22.4 Å². The molecule has 3 N–H and O–H groups in total. The van der Waals surface area contributed by atoms with Crippen LogP contribution < -0.4 is 11.2 Å². The number of aromatic nitrogens is 4. The van der Waals surface area contributed by atoms with E-state index in [-0.39, 0.29) is 11.1 Å². The van der Waals surface area contributed by atoms with Crippen molar-refractivity contribution < 1.29 is 9.21 Å². The maximum Gasteiger partial charge on any atom is 0.237 e. The maximum atomic E-state index is 12.3. The first-order valence-corrected chi connectivity index (χ1v) is 8.14. The average Bonchev–Trinajstić information content (AvgIpc) is 3.20. The van der Waals surface area contributed by atoms with Crippen molar-refractivity contribution in [2.24, 2.45) is 0 Å². The quantitative estimate of drug-likeness (QED) is 0.406. The molecule has 0 aliphatic heterocycles. The summed E-state index contributed by atoms with van der Waals surface area (Å²) in [6.45, 7) is 1.73. The normalized spacial score (nSPS) is 12.1. The number of pyridine rings is 1. The largest absolute Gasteiger partial charge is 0.461 e. The van der Waals surface area contributed by atoms with E-state index in [9.17, 15) is 4.79 Å². The predicted octanol–water partition coefficient (Wildman–Crippen LogP) is 2.42. The van der Waals surface area contributed by atoms with Crippen LogP contribution in [0.15, 0.2) is 46.3 Å². The van der Waals surface area contributed by atoms with Crippen LogP contribution in [0.3, 0.4) is 0 Å². The van der Waals surface area contributed by atoms with Crippen molar-refractivity contribution >= 4 is 35.0 Å². The molecule has 0 bridgehead atoms. The van der Waals surface area contributed by atoms with Gasteiger partial charge in [0.2, 0.25) is 16.9 Å². The minimum atomic E-state index is -0.475. The zero-order valence-corrected chi connectivity index (χ0v) is 14.1. The van der Waals surface area contributed by atoms with E-state index in [2.05, 4.69) is 20.5 Å². The van der Waals surface area contributed by atoms with Crippen molar-refractivity contribution in [1.29, 1.82) is 0 Å². The molecule has 3 heterocycles. The van der Waals surface area contributed by atoms with Gasteiger partial charge in [0, 0.05) is 6.20 Å². The highest BCUT2D eigenvalue weighted by molar-refractivity contribution is 8.00. The number of nitrogens with zero attached hydrogens (tertiary/aromatic N) is 4. The second-order valence-corrected chi connectivity index (χ2v) is 6.41. The smallest absolute Gasteiger partial charge is 0.237 e. The Kier molecular flexibility index (Phi) is 4.72. The molecule has 0 radical (unpaired) electrons. The maximum absolute atomic E-state index is 12.3. The van der Waals surface area contributed by atoms with Gasteiger partial charge in [-0.3, -0.25) is 4.79 Å². The molecule has 0 fully saturated rings. The Hall–Kier alpha value is -2.52. The monoisotopic (exact) mass is 364 g/mol. The molecular weight excluding hydrogens is 352 g/mol. The van der Waals surface area contributed by atoms with Crippen LogP contribution in [0.5, 0.6) is 0 Å². The van der Waals surface area contributed by atoms with E-state index >= 15 is 0 Å². The number of rotatable bonds is 5. The summed E-state index contributed by atoms with van der Waals surface area (Å²) < 4.78 is 6.53. The summed E-state index contributed by atoms with van der Waals surface area (Å²) in [5.41, 5.74) is 0.446. The number of carbonyl (C=O) groups excluding carboxylic acids is 1. The Balaban J connectivity index is 1.70. The van der Waals surface area contributed by atoms with Gasteiger partial charge in [0.1, 0.15) is 0 Å². The highest BCUT2D eigenvalue weighted by Crippen LogP contribution is 2.26. The number of anilines is 1. The summed E-state index contributed by atoms with van der Waals surface area (Å²) in [6, 6.07) is 6.81. The Morgan fingerprint density at radius 3 is 2.96 bits per heavy atom.